The first-order chi connectivity index (χ1) is 12.8. The van der Waals surface area contributed by atoms with Crippen LogP contribution in [0.5, 0.6) is 0 Å². The van der Waals surface area contributed by atoms with Crippen molar-refractivity contribution < 1.29 is 0 Å². The van der Waals surface area contributed by atoms with Crippen molar-refractivity contribution in [3.8, 4) is 0 Å². The maximum absolute atomic E-state index is 4.00. The average Bonchev–Trinajstić information content (AvgIpc) is 3.39. The fourth-order valence-corrected chi connectivity index (χ4v) is 1.64. The molecule has 0 saturated carbocycles. The summed E-state index contributed by atoms with van der Waals surface area (Å²) in [5.74, 6) is 2.31. The standard InChI is InChI=1S/C7H11N.C5H10N4.C4H8N4.C2H6/c1-7(2)8-5-3-4-6-8;1-4(2)5-6-8-9(3)7-5;1-3(2)4-5-7-8-6-4;1-2/h3-7H,1-2H3;4H,1-3H3;3H,1-2H3,(H,5,6,7,8);1-2H3. The summed E-state index contributed by atoms with van der Waals surface area (Å²) in [4.78, 5) is 1.47. The number of rotatable bonds is 3. The third kappa shape index (κ3) is 10.2. The van der Waals surface area contributed by atoms with Gasteiger partial charge in [0.05, 0.1) is 7.05 Å². The molecule has 0 amide bonds. The van der Waals surface area contributed by atoms with Gasteiger partial charge >= 0.3 is 0 Å². The SMILES string of the molecule is CC.CC(C)c1nn[nH]n1.CC(C)c1nnn(C)n1.CC(C)n1cccc1. The molecule has 0 aromatic carbocycles. The lowest BCUT2D eigenvalue weighted by Gasteiger charge is -2.03. The molecule has 1 N–H and O–H groups in total. The molecule has 3 aromatic heterocycles. The van der Waals surface area contributed by atoms with Crippen LogP contribution in [-0.2, 0) is 7.05 Å². The highest BCUT2D eigenvalue weighted by atomic mass is 15.6. The predicted molar refractivity (Wildman–Crippen MR) is 107 cm³/mol. The van der Waals surface area contributed by atoms with Crippen LogP contribution in [0.3, 0.4) is 0 Å². The predicted octanol–water partition coefficient (Wildman–Crippen LogP) is 3.75. The first-order valence-electron chi connectivity index (χ1n) is 9.40. The van der Waals surface area contributed by atoms with Crippen molar-refractivity contribution in [2.75, 3.05) is 0 Å². The number of aromatic amines is 1. The van der Waals surface area contributed by atoms with Gasteiger partial charge in [-0.25, -0.2) is 0 Å². The van der Waals surface area contributed by atoms with E-state index in [9.17, 15) is 0 Å². The van der Waals surface area contributed by atoms with Gasteiger partial charge < -0.3 is 4.57 Å². The zero-order valence-electron chi connectivity index (χ0n) is 18.1. The lowest BCUT2D eigenvalue weighted by Crippen LogP contribution is -1.94. The van der Waals surface area contributed by atoms with Crippen molar-refractivity contribution in [1.29, 1.82) is 0 Å². The Bertz CT molecular complexity index is 629. The summed E-state index contributed by atoms with van der Waals surface area (Å²) >= 11 is 0. The van der Waals surface area contributed by atoms with Crippen LogP contribution in [0.1, 0.15) is 84.9 Å². The van der Waals surface area contributed by atoms with Gasteiger partial charge in [-0.3, -0.25) is 0 Å². The van der Waals surface area contributed by atoms with E-state index in [2.05, 4.69) is 66.8 Å². The highest BCUT2D eigenvalue weighted by Crippen LogP contribution is 2.04. The molecule has 0 bridgehead atoms. The summed E-state index contributed by atoms with van der Waals surface area (Å²) in [6, 6.07) is 4.69. The van der Waals surface area contributed by atoms with E-state index < -0.39 is 0 Å². The van der Waals surface area contributed by atoms with E-state index in [1.54, 1.807) is 7.05 Å². The summed E-state index contributed by atoms with van der Waals surface area (Å²) in [6.45, 7) is 16.4. The van der Waals surface area contributed by atoms with Crippen molar-refractivity contribution in [2.24, 2.45) is 7.05 Å². The van der Waals surface area contributed by atoms with Gasteiger partial charge in [-0.15, -0.1) is 20.4 Å². The number of hydrogen-bond donors (Lipinski definition) is 1. The van der Waals surface area contributed by atoms with Crippen LogP contribution in [0.4, 0.5) is 0 Å². The van der Waals surface area contributed by atoms with Crippen LogP contribution in [0.15, 0.2) is 24.5 Å². The third-order valence-corrected chi connectivity index (χ3v) is 3.14. The molecule has 0 aliphatic rings. The van der Waals surface area contributed by atoms with Gasteiger partial charge in [-0.2, -0.15) is 10.0 Å². The molecule has 0 fully saturated rings. The zero-order valence-corrected chi connectivity index (χ0v) is 18.1. The van der Waals surface area contributed by atoms with Crippen LogP contribution in [0.25, 0.3) is 0 Å². The average molecular weight is 378 g/mol. The summed E-state index contributed by atoms with van der Waals surface area (Å²) in [5.41, 5.74) is 0. The summed E-state index contributed by atoms with van der Waals surface area (Å²) in [7, 11) is 1.76. The van der Waals surface area contributed by atoms with Crippen LogP contribution >= 0.6 is 0 Å². The van der Waals surface area contributed by atoms with E-state index in [-0.39, 0.29) is 0 Å². The lowest BCUT2D eigenvalue weighted by molar-refractivity contribution is 0.604. The monoisotopic (exact) mass is 377 g/mol. The minimum absolute atomic E-state index is 0.369. The number of H-pyrrole nitrogens is 1. The molecule has 9 nitrogen and oxygen atoms in total. The van der Waals surface area contributed by atoms with E-state index in [1.807, 2.05) is 53.7 Å². The van der Waals surface area contributed by atoms with Crippen molar-refractivity contribution in [1.82, 2.24) is 45.4 Å². The number of aromatic nitrogens is 9. The highest BCUT2D eigenvalue weighted by Gasteiger charge is 2.03. The number of hydrogen-bond acceptors (Lipinski definition) is 6. The van der Waals surface area contributed by atoms with Gasteiger partial charge in [0.2, 0.25) is 0 Å². The van der Waals surface area contributed by atoms with Crippen molar-refractivity contribution in [3.05, 3.63) is 36.2 Å². The summed E-state index contributed by atoms with van der Waals surface area (Å²) in [6.07, 6.45) is 4.15. The lowest BCUT2D eigenvalue weighted by atomic mass is 10.2. The Labute approximate surface area is 162 Å². The van der Waals surface area contributed by atoms with Gasteiger partial charge in [-0.1, -0.05) is 46.8 Å². The minimum atomic E-state index is 0.369. The first-order valence-corrected chi connectivity index (χ1v) is 9.40. The largest absolute Gasteiger partial charge is 0.352 e. The second kappa shape index (κ2) is 13.6. The first kappa shape index (κ1) is 24.4. The molecule has 3 rings (SSSR count). The van der Waals surface area contributed by atoms with Crippen LogP contribution < -0.4 is 0 Å². The summed E-state index contributed by atoms with van der Waals surface area (Å²) in [5, 5.41) is 24.8. The molecule has 0 unspecified atom stereocenters. The van der Waals surface area contributed by atoms with Crippen LogP contribution in [0, 0.1) is 0 Å². The smallest absolute Gasteiger partial charge is 0.177 e. The quantitative estimate of drug-likeness (QED) is 0.745. The van der Waals surface area contributed by atoms with Crippen LogP contribution in [0.2, 0.25) is 0 Å². The number of nitrogens with one attached hydrogen (secondary N) is 1. The van der Waals surface area contributed by atoms with Crippen LogP contribution in [-0.4, -0.2) is 45.4 Å². The number of aryl methyl sites for hydroxylation is 1. The minimum Gasteiger partial charge on any atom is -0.352 e. The van der Waals surface area contributed by atoms with E-state index in [0.717, 1.165) is 11.6 Å². The van der Waals surface area contributed by atoms with Crippen molar-refractivity contribution >= 4 is 0 Å². The molecule has 27 heavy (non-hydrogen) atoms. The molecular weight excluding hydrogens is 342 g/mol. The highest BCUT2D eigenvalue weighted by molar-refractivity contribution is 4.91. The molecule has 0 radical (unpaired) electrons. The molecule has 0 spiro atoms. The van der Waals surface area contributed by atoms with Gasteiger partial charge in [0, 0.05) is 30.3 Å². The Morgan fingerprint density at radius 3 is 1.63 bits per heavy atom. The van der Waals surface area contributed by atoms with E-state index >= 15 is 0 Å². The van der Waals surface area contributed by atoms with E-state index in [1.165, 1.54) is 4.80 Å². The molecule has 0 saturated heterocycles. The fraction of sp³-hybridized carbons (Fsp3) is 0.667. The van der Waals surface area contributed by atoms with E-state index in [4.69, 9.17) is 0 Å². The van der Waals surface area contributed by atoms with Gasteiger partial charge in [0.25, 0.3) is 0 Å². The molecule has 3 aromatic rings. The van der Waals surface area contributed by atoms with Crippen molar-refractivity contribution in [2.45, 2.75) is 73.3 Å². The van der Waals surface area contributed by atoms with Gasteiger partial charge in [0.15, 0.2) is 11.6 Å². The molecule has 152 valence electrons. The Balaban J connectivity index is 0.000000359. The molecule has 0 aliphatic carbocycles. The molecular formula is C18H35N9. The topological polar surface area (TPSA) is 103 Å². The second-order valence-corrected chi connectivity index (χ2v) is 6.44. The van der Waals surface area contributed by atoms with E-state index in [0.29, 0.717) is 17.9 Å². The van der Waals surface area contributed by atoms with Crippen molar-refractivity contribution in [3.63, 3.8) is 0 Å². The van der Waals surface area contributed by atoms with Gasteiger partial charge in [-0.05, 0) is 31.2 Å². The molecule has 0 atom stereocenters. The number of tetrazole rings is 2. The third-order valence-electron chi connectivity index (χ3n) is 3.14. The Morgan fingerprint density at radius 1 is 0.852 bits per heavy atom. The Kier molecular flexibility index (Phi) is 12.3. The maximum atomic E-state index is 4.00. The zero-order chi connectivity index (χ0) is 20.8. The Hall–Kier alpha value is -2.58. The normalized spacial score (nSPS) is 9.93. The van der Waals surface area contributed by atoms with Gasteiger partial charge in [0.1, 0.15) is 0 Å². The number of nitrogens with zero attached hydrogens (tertiary/aromatic N) is 8. The maximum Gasteiger partial charge on any atom is 0.177 e. The molecule has 3 heterocycles. The molecule has 0 aliphatic heterocycles. The Morgan fingerprint density at radius 2 is 1.41 bits per heavy atom. The fourth-order valence-electron chi connectivity index (χ4n) is 1.64. The second-order valence-electron chi connectivity index (χ2n) is 6.44. The summed E-state index contributed by atoms with van der Waals surface area (Å²) < 4.78 is 2.17. The molecule has 9 heteroatoms.